The molecule has 0 saturated carbocycles. The maximum absolute atomic E-state index is 8.79. The van der Waals surface area contributed by atoms with E-state index in [1.807, 2.05) is 47.4 Å². The number of benzene rings is 2. The van der Waals surface area contributed by atoms with Gasteiger partial charge in [-0.1, -0.05) is 29.8 Å². The van der Waals surface area contributed by atoms with E-state index in [1.165, 1.54) is 0 Å². The second kappa shape index (κ2) is 6.12. The van der Waals surface area contributed by atoms with Gasteiger partial charge in [0.15, 0.2) is 0 Å². The van der Waals surface area contributed by atoms with Crippen LogP contribution in [0.1, 0.15) is 6.42 Å². The molecular weight excluding hydrogens is 258 g/mol. The van der Waals surface area contributed by atoms with Gasteiger partial charge in [-0.25, -0.2) is 0 Å². The topological polar surface area (TPSA) is 53.0 Å². The van der Waals surface area contributed by atoms with Crippen LogP contribution in [0.15, 0.2) is 48.5 Å². The lowest BCUT2D eigenvalue weighted by Gasteiger charge is -2.25. The Kier molecular flexibility index (Phi) is 4.27. The van der Waals surface area contributed by atoms with Crippen molar-refractivity contribution in [3.63, 3.8) is 0 Å². The third-order valence-corrected chi connectivity index (χ3v) is 3.08. The normalized spacial score (nSPS) is 9.89. The number of hydrogen-bond donors (Lipinski definition) is 1. The van der Waals surface area contributed by atoms with Gasteiger partial charge in [-0.15, -0.1) is 0 Å². The highest BCUT2D eigenvalue weighted by Crippen LogP contribution is 2.33. The predicted molar refractivity (Wildman–Crippen MR) is 79.5 cm³/mol. The van der Waals surface area contributed by atoms with Gasteiger partial charge in [0.25, 0.3) is 0 Å². The summed E-state index contributed by atoms with van der Waals surface area (Å²) in [5, 5.41) is 9.38. The van der Waals surface area contributed by atoms with Crippen molar-refractivity contribution in [3.8, 4) is 6.07 Å². The summed E-state index contributed by atoms with van der Waals surface area (Å²) in [4.78, 5) is 2.02. The minimum atomic E-state index is 0.426. The van der Waals surface area contributed by atoms with Gasteiger partial charge in [-0.3, -0.25) is 0 Å². The van der Waals surface area contributed by atoms with E-state index < -0.39 is 0 Å². The zero-order chi connectivity index (χ0) is 13.7. The summed E-state index contributed by atoms with van der Waals surface area (Å²) in [6, 6.07) is 17.4. The largest absolute Gasteiger partial charge is 0.399 e. The molecule has 0 atom stereocenters. The number of rotatable bonds is 4. The molecule has 0 fully saturated rings. The first-order chi connectivity index (χ1) is 9.22. The summed E-state index contributed by atoms with van der Waals surface area (Å²) in [6.07, 6.45) is 0.426. The smallest absolute Gasteiger partial charge is 0.0663 e. The van der Waals surface area contributed by atoms with Crippen LogP contribution in [-0.2, 0) is 0 Å². The minimum absolute atomic E-state index is 0.426. The quantitative estimate of drug-likeness (QED) is 0.856. The summed E-state index contributed by atoms with van der Waals surface area (Å²) in [7, 11) is 0. The highest BCUT2D eigenvalue weighted by atomic mass is 35.5. The lowest BCUT2D eigenvalue weighted by Crippen LogP contribution is -2.18. The molecule has 0 aliphatic rings. The van der Waals surface area contributed by atoms with Gasteiger partial charge in [0.05, 0.1) is 23.2 Å². The number of nitriles is 1. The lowest BCUT2D eigenvalue weighted by atomic mass is 10.2. The summed E-state index contributed by atoms with van der Waals surface area (Å²) in [5.41, 5.74) is 8.20. The van der Waals surface area contributed by atoms with Crippen LogP contribution in [-0.4, -0.2) is 6.54 Å². The van der Waals surface area contributed by atoms with Crippen molar-refractivity contribution >= 4 is 28.7 Å². The zero-order valence-electron chi connectivity index (χ0n) is 10.4. The monoisotopic (exact) mass is 271 g/mol. The molecule has 2 N–H and O–H groups in total. The van der Waals surface area contributed by atoms with Gasteiger partial charge >= 0.3 is 0 Å². The molecule has 0 aliphatic carbocycles. The van der Waals surface area contributed by atoms with Gasteiger partial charge in [-0.2, -0.15) is 5.26 Å². The Morgan fingerprint density at radius 1 is 1.16 bits per heavy atom. The fraction of sp³-hybridized carbons (Fsp3) is 0.133. The molecule has 4 heteroatoms. The molecule has 0 heterocycles. The Labute approximate surface area is 117 Å². The first-order valence-corrected chi connectivity index (χ1v) is 6.34. The van der Waals surface area contributed by atoms with Gasteiger partial charge in [0, 0.05) is 17.9 Å². The van der Waals surface area contributed by atoms with Crippen LogP contribution in [0, 0.1) is 11.3 Å². The maximum atomic E-state index is 8.79. The van der Waals surface area contributed by atoms with Gasteiger partial charge in [0.1, 0.15) is 0 Å². The van der Waals surface area contributed by atoms with E-state index in [2.05, 4.69) is 6.07 Å². The molecule has 0 aromatic heterocycles. The first kappa shape index (κ1) is 13.3. The number of nitrogens with zero attached hydrogens (tertiary/aromatic N) is 2. The molecular formula is C15H14ClN3. The van der Waals surface area contributed by atoms with E-state index in [0.29, 0.717) is 23.7 Å². The van der Waals surface area contributed by atoms with E-state index in [4.69, 9.17) is 22.6 Å². The van der Waals surface area contributed by atoms with Crippen molar-refractivity contribution in [2.45, 2.75) is 6.42 Å². The molecule has 2 aromatic carbocycles. The molecule has 0 unspecified atom stereocenters. The molecule has 2 rings (SSSR count). The molecule has 0 spiro atoms. The Morgan fingerprint density at radius 2 is 1.89 bits per heavy atom. The summed E-state index contributed by atoms with van der Waals surface area (Å²) >= 11 is 6.25. The Hall–Kier alpha value is -2.18. The number of anilines is 3. The summed E-state index contributed by atoms with van der Waals surface area (Å²) in [5.74, 6) is 0. The zero-order valence-corrected chi connectivity index (χ0v) is 11.1. The number of nitrogens with two attached hydrogens (primary N) is 1. The summed E-state index contributed by atoms with van der Waals surface area (Å²) < 4.78 is 0. The fourth-order valence-electron chi connectivity index (χ4n) is 1.90. The van der Waals surface area contributed by atoms with Crippen LogP contribution >= 0.6 is 11.6 Å². The average molecular weight is 272 g/mol. The Morgan fingerprint density at radius 3 is 2.53 bits per heavy atom. The molecule has 3 nitrogen and oxygen atoms in total. The summed E-state index contributed by atoms with van der Waals surface area (Å²) in [6.45, 7) is 0.587. The van der Waals surface area contributed by atoms with Crippen molar-refractivity contribution < 1.29 is 0 Å². The van der Waals surface area contributed by atoms with Gasteiger partial charge < -0.3 is 10.6 Å². The van der Waals surface area contributed by atoms with E-state index >= 15 is 0 Å². The fourth-order valence-corrected chi connectivity index (χ4v) is 2.19. The number of para-hydroxylation sites is 1. The van der Waals surface area contributed by atoms with Crippen LogP contribution in [0.25, 0.3) is 0 Å². The molecule has 96 valence electrons. The van der Waals surface area contributed by atoms with Crippen molar-refractivity contribution in [1.82, 2.24) is 0 Å². The molecule has 2 aromatic rings. The molecule has 19 heavy (non-hydrogen) atoms. The third-order valence-electron chi connectivity index (χ3n) is 2.78. The minimum Gasteiger partial charge on any atom is -0.399 e. The Bertz CT molecular complexity index is 590. The van der Waals surface area contributed by atoms with Gasteiger partial charge in [0.2, 0.25) is 0 Å². The molecule has 0 amide bonds. The van der Waals surface area contributed by atoms with Crippen LogP contribution in [0.3, 0.4) is 0 Å². The van der Waals surface area contributed by atoms with Crippen LogP contribution < -0.4 is 10.6 Å². The second-order valence-corrected chi connectivity index (χ2v) is 4.51. The third kappa shape index (κ3) is 3.18. The lowest BCUT2D eigenvalue weighted by molar-refractivity contribution is 0.948. The van der Waals surface area contributed by atoms with Crippen LogP contribution in [0.2, 0.25) is 5.02 Å². The van der Waals surface area contributed by atoms with Crippen LogP contribution in [0.5, 0.6) is 0 Å². The molecule has 0 saturated heterocycles. The second-order valence-electron chi connectivity index (χ2n) is 4.11. The van der Waals surface area contributed by atoms with E-state index in [-0.39, 0.29) is 0 Å². The van der Waals surface area contributed by atoms with Crippen molar-refractivity contribution in [2.24, 2.45) is 0 Å². The van der Waals surface area contributed by atoms with E-state index in [0.717, 1.165) is 11.4 Å². The number of hydrogen-bond acceptors (Lipinski definition) is 3. The van der Waals surface area contributed by atoms with Gasteiger partial charge in [-0.05, 0) is 30.3 Å². The van der Waals surface area contributed by atoms with Crippen molar-refractivity contribution in [3.05, 3.63) is 53.6 Å². The average Bonchev–Trinajstić information content (AvgIpc) is 2.42. The van der Waals surface area contributed by atoms with E-state index in [1.54, 1.807) is 6.07 Å². The van der Waals surface area contributed by atoms with Crippen molar-refractivity contribution in [2.75, 3.05) is 17.2 Å². The SMILES string of the molecule is N#CCCN(c1ccccc1)c1ccc(N)cc1Cl. The molecule has 0 aliphatic heterocycles. The first-order valence-electron chi connectivity index (χ1n) is 5.97. The maximum Gasteiger partial charge on any atom is 0.0663 e. The standard InChI is InChI=1S/C15H14ClN3/c16-14-11-12(18)7-8-15(14)19(10-4-9-17)13-5-2-1-3-6-13/h1-3,5-8,11H,4,10,18H2. The molecule has 0 bridgehead atoms. The van der Waals surface area contributed by atoms with Crippen molar-refractivity contribution in [1.29, 1.82) is 5.26 Å². The predicted octanol–water partition coefficient (Wildman–Crippen LogP) is 3.97. The van der Waals surface area contributed by atoms with E-state index in [9.17, 15) is 0 Å². The highest BCUT2D eigenvalue weighted by Gasteiger charge is 2.12. The number of nitrogen functional groups attached to an aromatic ring is 1. The van der Waals surface area contributed by atoms with Crippen LogP contribution in [0.4, 0.5) is 17.1 Å². The molecule has 0 radical (unpaired) electrons. The highest BCUT2D eigenvalue weighted by molar-refractivity contribution is 6.33. The Balaban J connectivity index is 2.40. The number of halogens is 1.